The van der Waals surface area contributed by atoms with Crippen LogP contribution in [0.3, 0.4) is 0 Å². The van der Waals surface area contributed by atoms with Gasteiger partial charge in [0.25, 0.3) is 0 Å². The molecule has 5 heteroatoms. The van der Waals surface area contributed by atoms with E-state index in [2.05, 4.69) is 15.0 Å². The SMILES string of the molecule is CN(CCCl)Cc1ncnn1C. The van der Waals surface area contributed by atoms with E-state index in [0.717, 1.165) is 18.9 Å². The number of aryl methyl sites for hydroxylation is 1. The van der Waals surface area contributed by atoms with Crippen molar-refractivity contribution in [3.8, 4) is 0 Å². The fourth-order valence-corrected chi connectivity index (χ4v) is 1.22. The van der Waals surface area contributed by atoms with E-state index in [1.807, 2.05) is 14.1 Å². The molecule has 0 aliphatic carbocycles. The predicted octanol–water partition coefficient (Wildman–Crippen LogP) is 0.486. The van der Waals surface area contributed by atoms with Crippen LogP contribution < -0.4 is 0 Å². The van der Waals surface area contributed by atoms with Crippen molar-refractivity contribution in [3.05, 3.63) is 12.2 Å². The van der Waals surface area contributed by atoms with E-state index in [1.54, 1.807) is 11.0 Å². The van der Waals surface area contributed by atoms with Gasteiger partial charge in [0.2, 0.25) is 0 Å². The Hall–Kier alpha value is -0.610. The van der Waals surface area contributed by atoms with Gasteiger partial charge in [0.05, 0.1) is 6.54 Å². The second-order valence-electron chi connectivity index (χ2n) is 2.73. The van der Waals surface area contributed by atoms with Gasteiger partial charge in [-0.1, -0.05) is 0 Å². The number of hydrogen-bond acceptors (Lipinski definition) is 3. The van der Waals surface area contributed by atoms with Crippen LogP contribution in [0.4, 0.5) is 0 Å². The number of alkyl halides is 1. The van der Waals surface area contributed by atoms with Crippen molar-refractivity contribution in [2.45, 2.75) is 6.54 Å². The molecule has 0 atom stereocenters. The van der Waals surface area contributed by atoms with E-state index in [1.165, 1.54) is 0 Å². The topological polar surface area (TPSA) is 34.0 Å². The first-order valence-electron chi connectivity index (χ1n) is 3.81. The summed E-state index contributed by atoms with van der Waals surface area (Å²) in [4.78, 5) is 6.21. The van der Waals surface area contributed by atoms with Crippen LogP contribution in [0, 0.1) is 0 Å². The summed E-state index contributed by atoms with van der Waals surface area (Å²) in [5.74, 6) is 1.61. The number of hydrogen-bond donors (Lipinski definition) is 0. The molecule has 0 aliphatic heterocycles. The highest BCUT2D eigenvalue weighted by molar-refractivity contribution is 6.18. The summed E-state index contributed by atoms with van der Waals surface area (Å²) in [7, 11) is 3.90. The molecular weight excluding hydrogens is 176 g/mol. The summed E-state index contributed by atoms with van der Waals surface area (Å²) < 4.78 is 1.77. The first-order chi connectivity index (χ1) is 5.74. The molecule has 4 nitrogen and oxygen atoms in total. The van der Waals surface area contributed by atoms with Crippen LogP contribution in [-0.4, -0.2) is 39.1 Å². The molecule has 1 heterocycles. The molecule has 1 rings (SSSR count). The van der Waals surface area contributed by atoms with Crippen molar-refractivity contribution in [1.29, 1.82) is 0 Å². The maximum atomic E-state index is 5.59. The minimum Gasteiger partial charge on any atom is -0.298 e. The smallest absolute Gasteiger partial charge is 0.140 e. The van der Waals surface area contributed by atoms with Crippen molar-refractivity contribution in [2.24, 2.45) is 7.05 Å². The van der Waals surface area contributed by atoms with E-state index in [4.69, 9.17) is 11.6 Å². The lowest BCUT2D eigenvalue weighted by Crippen LogP contribution is -2.22. The first kappa shape index (κ1) is 9.48. The van der Waals surface area contributed by atoms with Gasteiger partial charge >= 0.3 is 0 Å². The van der Waals surface area contributed by atoms with Crippen molar-refractivity contribution in [1.82, 2.24) is 19.7 Å². The molecule has 68 valence electrons. The molecule has 0 unspecified atom stereocenters. The van der Waals surface area contributed by atoms with Gasteiger partial charge in [-0.15, -0.1) is 11.6 Å². The third-order valence-corrected chi connectivity index (χ3v) is 1.85. The minimum absolute atomic E-state index is 0.647. The zero-order valence-corrected chi connectivity index (χ0v) is 8.12. The van der Waals surface area contributed by atoms with E-state index in [9.17, 15) is 0 Å². The summed E-state index contributed by atoms with van der Waals surface area (Å²) in [6.45, 7) is 1.66. The Labute approximate surface area is 77.1 Å². The molecule has 1 aromatic heterocycles. The lowest BCUT2D eigenvalue weighted by Gasteiger charge is -2.13. The van der Waals surface area contributed by atoms with E-state index < -0.39 is 0 Å². The highest BCUT2D eigenvalue weighted by atomic mass is 35.5. The summed E-state index contributed by atoms with van der Waals surface area (Å²) in [5, 5.41) is 3.98. The maximum absolute atomic E-state index is 5.59. The van der Waals surface area contributed by atoms with Gasteiger partial charge in [-0.05, 0) is 7.05 Å². The molecule has 0 N–H and O–H groups in total. The second kappa shape index (κ2) is 4.42. The van der Waals surface area contributed by atoms with E-state index in [-0.39, 0.29) is 0 Å². The van der Waals surface area contributed by atoms with Crippen molar-refractivity contribution in [3.63, 3.8) is 0 Å². The van der Waals surface area contributed by atoms with Crippen LogP contribution in [0.2, 0.25) is 0 Å². The fraction of sp³-hybridized carbons (Fsp3) is 0.714. The fourth-order valence-electron chi connectivity index (χ4n) is 0.928. The van der Waals surface area contributed by atoms with Gasteiger partial charge in [-0.3, -0.25) is 9.58 Å². The Bertz CT molecular complexity index is 235. The summed E-state index contributed by atoms with van der Waals surface area (Å²) in [5.41, 5.74) is 0. The molecule has 0 bridgehead atoms. The normalized spacial score (nSPS) is 11.0. The summed E-state index contributed by atoms with van der Waals surface area (Å²) in [6, 6.07) is 0. The predicted molar refractivity (Wildman–Crippen MR) is 48.1 cm³/mol. The van der Waals surface area contributed by atoms with Gasteiger partial charge in [-0.2, -0.15) is 5.10 Å². The van der Waals surface area contributed by atoms with Gasteiger partial charge in [-0.25, -0.2) is 4.98 Å². The number of aromatic nitrogens is 3. The maximum Gasteiger partial charge on any atom is 0.140 e. The average Bonchev–Trinajstić information content (AvgIpc) is 2.37. The third kappa shape index (κ3) is 2.46. The zero-order chi connectivity index (χ0) is 8.97. The Morgan fingerprint density at radius 3 is 2.92 bits per heavy atom. The monoisotopic (exact) mass is 188 g/mol. The molecule has 12 heavy (non-hydrogen) atoms. The highest BCUT2D eigenvalue weighted by Gasteiger charge is 2.03. The number of halogens is 1. The van der Waals surface area contributed by atoms with Crippen LogP contribution in [-0.2, 0) is 13.6 Å². The Kier molecular flexibility index (Phi) is 3.49. The second-order valence-corrected chi connectivity index (χ2v) is 3.10. The molecule has 0 radical (unpaired) electrons. The van der Waals surface area contributed by atoms with Crippen LogP contribution in [0.25, 0.3) is 0 Å². The van der Waals surface area contributed by atoms with Gasteiger partial charge in [0, 0.05) is 19.5 Å². The molecule has 0 aromatic carbocycles. The Balaban J connectivity index is 2.46. The lowest BCUT2D eigenvalue weighted by molar-refractivity contribution is 0.332. The zero-order valence-electron chi connectivity index (χ0n) is 7.37. The molecule has 0 saturated carbocycles. The largest absolute Gasteiger partial charge is 0.298 e. The molecule has 0 fully saturated rings. The van der Waals surface area contributed by atoms with Crippen molar-refractivity contribution in [2.75, 3.05) is 19.5 Å². The van der Waals surface area contributed by atoms with E-state index >= 15 is 0 Å². The van der Waals surface area contributed by atoms with Crippen LogP contribution >= 0.6 is 11.6 Å². The minimum atomic E-state index is 0.647. The summed E-state index contributed by atoms with van der Waals surface area (Å²) in [6.07, 6.45) is 1.56. The van der Waals surface area contributed by atoms with Crippen LogP contribution in [0.1, 0.15) is 5.82 Å². The van der Waals surface area contributed by atoms with E-state index in [0.29, 0.717) is 5.88 Å². The molecule has 1 aromatic rings. The average molecular weight is 189 g/mol. The summed E-state index contributed by atoms with van der Waals surface area (Å²) >= 11 is 5.59. The molecule has 0 aliphatic rings. The van der Waals surface area contributed by atoms with Crippen LogP contribution in [0.5, 0.6) is 0 Å². The number of nitrogens with zero attached hydrogens (tertiary/aromatic N) is 4. The standard InChI is InChI=1S/C7H13ClN4/c1-11(4-3-8)5-7-9-6-10-12(7)2/h6H,3-5H2,1-2H3. The highest BCUT2D eigenvalue weighted by Crippen LogP contribution is 1.96. The van der Waals surface area contributed by atoms with Gasteiger partial charge < -0.3 is 0 Å². The lowest BCUT2D eigenvalue weighted by atomic mass is 10.5. The Morgan fingerprint density at radius 2 is 2.42 bits per heavy atom. The first-order valence-corrected chi connectivity index (χ1v) is 4.35. The van der Waals surface area contributed by atoms with Crippen LogP contribution in [0.15, 0.2) is 6.33 Å². The third-order valence-electron chi connectivity index (χ3n) is 1.68. The number of rotatable bonds is 4. The molecule has 0 saturated heterocycles. The van der Waals surface area contributed by atoms with Crippen molar-refractivity contribution < 1.29 is 0 Å². The molecule has 0 spiro atoms. The Morgan fingerprint density at radius 1 is 1.67 bits per heavy atom. The van der Waals surface area contributed by atoms with Crippen molar-refractivity contribution >= 4 is 11.6 Å². The molecule has 0 amide bonds. The van der Waals surface area contributed by atoms with Gasteiger partial charge in [0.15, 0.2) is 0 Å². The van der Waals surface area contributed by atoms with Gasteiger partial charge in [0.1, 0.15) is 12.2 Å². The molecular formula is C7H13ClN4. The quantitative estimate of drug-likeness (QED) is 0.645.